The maximum atomic E-state index is 12.3. The zero-order valence-electron chi connectivity index (χ0n) is 13.2. The summed E-state index contributed by atoms with van der Waals surface area (Å²) in [5.74, 6) is 0.123. The summed E-state index contributed by atoms with van der Waals surface area (Å²) in [4.78, 5) is 24.2. The van der Waals surface area contributed by atoms with Crippen LogP contribution in [0.15, 0.2) is 36.9 Å². The number of halogens is 1. The Balaban J connectivity index is 1.76. The first-order valence-corrected chi connectivity index (χ1v) is 8.39. The van der Waals surface area contributed by atoms with E-state index in [-0.39, 0.29) is 23.7 Å². The highest BCUT2D eigenvalue weighted by Crippen LogP contribution is 2.29. The van der Waals surface area contributed by atoms with Gasteiger partial charge in [-0.2, -0.15) is 0 Å². The number of hydrogen-bond acceptors (Lipinski definition) is 2. The van der Waals surface area contributed by atoms with Crippen LogP contribution in [-0.2, 0) is 16.1 Å². The standard InChI is InChI=1S/C18H23ClN2O2/c1-2-11-20-17(22)13-7-9-14(10-8-13)18(23)21-12-15-5-3-4-6-16(15)19/h2-6,13-14H,1,7-12H2,(H,20,22)(H,21,23). The molecule has 0 aliphatic heterocycles. The van der Waals surface area contributed by atoms with E-state index in [4.69, 9.17) is 11.6 Å². The molecule has 2 amide bonds. The average Bonchev–Trinajstić information content (AvgIpc) is 2.59. The van der Waals surface area contributed by atoms with E-state index in [2.05, 4.69) is 17.2 Å². The minimum atomic E-state index is -0.0130. The number of benzene rings is 1. The van der Waals surface area contributed by atoms with Crippen LogP contribution in [-0.4, -0.2) is 18.4 Å². The molecule has 1 aromatic carbocycles. The molecule has 0 heterocycles. The highest BCUT2D eigenvalue weighted by Gasteiger charge is 2.29. The van der Waals surface area contributed by atoms with Crippen LogP contribution in [0.4, 0.5) is 0 Å². The van der Waals surface area contributed by atoms with Gasteiger partial charge in [-0.15, -0.1) is 6.58 Å². The van der Waals surface area contributed by atoms with Crippen molar-refractivity contribution in [2.75, 3.05) is 6.54 Å². The number of carbonyl (C=O) groups is 2. The van der Waals surface area contributed by atoms with Crippen molar-refractivity contribution in [3.05, 3.63) is 47.5 Å². The molecule has 0 atom stereocenters. The Kier molecular flexibility index (Phi) is 6.66. The number of carbonyl (C=O) groups excluding carboxylic acids is 2. The summed E-state index contributed by atoms with van der Waals surface area (Å²) in [7, 11) is 0. The van der Waals surface area contributed by atoms with Crippen molar-refractivity contribution < 1.29 is 9.59 Å². The van der Waals surface area contributed by atoms with Gasteiger partial charge in [-0.25, -0.2) is 0 Å². The van der Waals surface area contributed by atoms with Crippen LogP contribution in [0.25, 0.3) is 0 Å². The van der Waals surface area contributed by atoms with Crippen LogP contribution < -0.4 is 10.6 Å². The van der Waals surface area contributed by atoms with Crippen LogP contribution >= 0.6 is 11.6 Å². The van der Waals surface area contributed by atoms with E-state index in [0.717, 1.165) is 31.2 Å². The second-order valence-electron chi connectivity index (χ2n) is 5.89. The topological polar surface area (TPSA) is 58.2 Å². The van der Waals surface area contributed by atoms with E-state index in [1.54, 1.807) is 6.08 Å². The van der Waals surface area contributed by atoms with E-state index >= 15 is 0 Å². The van der Waals surface area contributed by atoms with Crippen molar-refractivity contribution in [2.24, 2.45) is 11.8 Å². The third-order valence-corrected chi connectivity index (χ3v) is 4.67. The molecule has 0 unspecified atom stereocenters. The summed E-state index contributed by atoms with van der Waals surface area (Å²) in [6.45, 7) is 4.53. The van der Waals surface area contributed by atoms with Gasteiger partial charge in [0.1, 0.15) is 0 Å². The van der Waals surface area contributed by atoms with Crippen molar-refractivity contribution in [1.82, 2.24) is 10.6 Å². The zero-order valence-corrected chi connectivity index (χ0v) is 13.9. The normalized spacial score (nSPS) is 20.6. The highest BCUT2D eigenvalue weighted by atomic mass is 35.5. The SMILES string of the molecule is C=CCNC(=O)C1CCC(C(=O)NCc2ccccc2Cl)CC1. The first kappa shape index (κ1) is 17.5. The van der Waals surface area contributed by atoms with Gasteiger partial charge in [0.15, 0.2) is 0 Å². The Labute approximate surface area is 142 Å². The lowest BCUT2D eigenvalue weighted by molar-refractivity contribution is -0.130. The predicted molar refractivity (Wildman–Crippen MR) is 92.0 cm³/mol. The van der Waals surface area contributed by atoms with Crippen LogP contribution in [0.3, 0.4) is 0 Å². The lowest BCUT2D eigenvalue weighted by Crippen LogP contribution is -2.37. The molecule has 0 saturated heterocycles. The molecule has 5 heteroatoms. The molecule has 0 spiro atoms. The fraction of sp³-hybridized carbons (Fsp3) is 0.444. The molecule has 1 saturated carbocycles. The Morgan fingerprint density at radius 2 is 1.65 bits per heavy atom. The molecule has 0 radical (unpaired) electrons. The molecule has 23 heavy (non-hydrogen) atoms. The maximum absolute atomic E-state index is 12.3. The van der Waals surface area contributed by atoms with E-state index in [1.807, 2.05) is 24.3 Å². The molecule has 4 nitrogen and oxygen atoms in total. The minimum absolute atomic E-state index is 0.0130. The largest absolute Gasteiger partial charge is 0.352 e. The quantitative estimate of drug-likeness (QED) is 0.785. The Hall–Kier alpha value is -1.81. The number of rotatable bonds is 6. The van der Waals surface area contributed by atoms with Crippen LogP contribution in [0.5, 0.6) is 0 Å². The second kappa shape index (κ2) is 8.73. The first-order chi connectivity index (χ1) is 11.1. The maximum Gasteiger partial charge on any atom is 0.223 e. The molecule has 2 rings (SSSR count). The van der Waals surface area contributed by atoms with Gasteiger partial charge in [0.05, 0.1) is 0 Å². The Morgan fingerprint density at radius 3 is 2.22 bits per heavy atom. The van der Waals surface area contributed by atoms with Crippen molar-refractivity contribution in [2.45, 2.75) is 32.2 Å². The van der Waals surface area contributed by atoms with E-state index in [9.17, 15) is 9.59 Å². The van der Waals surface area contributed by atoms with Crippen molar-refractivity contribution in [1.29, 1.82) is 0 Å². The van der Waals surface area contributed by atoms with Gasteiger partial charge in [0.2, 0.25) is 11.8 Å². The lowest BCUT2D eigenvalue weighted by atomic mass is 9.81. The van der Waals surface area contributed by atoms with Crippen molar-refractivity contribution >= 4 is 23.4 Å². The van der Waals surface area contributed by atoms with Gasteiger partial charge in [-0.05, 0) is 37.3 Å². The summed E-state index contributed by atoms with van der Waals surface area (Å²) in [5, 5.41) is 6.44. The monoisotopic (exact) mass is 334 g/mol. The summed E-state index contributed by atoms with van der Waals surface area (Å²) >= 11 is 6.09. The molecule has 0 bridgehead atoms. The fourth-order valence-corrected chi connectivity index (χ4v) is 3.11. The molecule has 1 aliphatic rings. The molecule has 1 aliphatic carbocycles. The Bertz CT molecular complexity index is 566. The second-order valence-corrected chi connectivity index (χ2v) is 6.30. The number of nitrogens with one attached hydrogen (secondary N) is 2. The predicted octanol–water partition coefficient (Wildman–Crippen LogP) is 3.06. The van der Waals surface area contributed by atoms with E-state index < -0.39 is 0 Å². The van der Waals surface area contributed by atoms with Gasteiger partial charge in [0.25, 0.3) is 0 Å². The summed E-state index contributed by atoms with van der Waals surface area (Å²) in [6.07, 6.45) is 4.69. The van der Waals surface area contributed by atoms with Crippen molar-refractivity contribution in [3.63, 3.8) is 0 Å². The van der Waals surface area contributed by atoms with Gasteiger partial charge in [-0.3, -0.25) is 9.59 Å². The first-order valence-electron chi connectivity index (χ1n) is 8.01. The van der Waals surface area contributed by atoms with Gasteiger partial charge >= 0.3 is 0 Å². The lowest BCUT2D eigenvalue weighted by Gasteiger charge is -2.27. The molecule has 2 N–H and O–H groups in total. The zero-order chi connectivity index (χ0) is 16.7. The summed E-state index contributed by atoms with van der Waals surface area (Å²) in [5.41, 5.74) is 0.917. The molecular weight excluding hydrogens is 312 g/mol. The molecule has 0 aromatic heterocycles. The molecule has 124 valence electrons. The van der Waals surface area contributed by atoms with Gasteiger partial charge in [-0.1, -0.05) is 35.9 Å². The molecule has 1 fully saturated rings. The van der Waals surface area contributed by atoms with Crippen LogP contribution in [0.2, 0.25) is 5.02 Å². The van der Waals surface area contributed by atoms with E-state index in [1.165, 1.54) is 0 Å². The smallest absolute Gasteiger partial charge is 0.223 e. The van der Waals surface area contributed by atoms with Crippen molar-refractivity contribution in [3.8, 4) is 0 Å². The van der Waals surface area contributed by atoms with Crippen LogP contribution in [0.1, 0.15) is 31.2 Å². The number of amides is 2. The third-order valence-electron chi connectivity index (χ3n) is 4.30. The van der Waals surface area contributed by atoms with Crippen LogP contribution in [0, 0.1) is 11.8 Å². The molecule has 1 aromatic rings. The summed E-state index contributed by atoms with van der Waals surface area (Å²) < 4.78 is 0. The van der Waals surface area contributed by atoms with E-state index in [0.29, 0.717) is 18.1 Å². The summed E-state index contributed by atoms with van der Waals surface area (Å²) in [6, 6.07) is 7.49. The Morgan fingerprint density at radius 1 is 1.09 bits per heavy atom. The minimum Gasteiger partial charge on any atom is -0.352 e. The average molecular weight is 335 g/mol. The third kappa shape index (κ3) is 5.10. The van der Waals surface area contributed by atoms with Gasteiger partial charge in [0, 0.05) is 29.9 Å². The molecular formula is C18H23ClN2O2. The number of hydrogen-bond donors (Lipinski definition) is 2. The fourth-order valence-electron chi connectivity index (χ4n) is 2.90. The highest BCUT2D eigenvalue weighted by molar-refractivity contribution is 6.31. The van der Waals surface area contributed by atoms with Gasteiger partial charge < -0.3 is 10.6 Å².